The van der Waals surface area contributed by atoms with Gasteiger partial charge in [0, 0.05) is 17.6 Å². The summed E-state index contributed by atoms with van der Waals surface area (Å²) in [7, 11) is 0. The van der Waals surface area contributed by atoms with Gasteiger partial charge in [-0.25, -0.2) is 9.67 Å². The normalized spacial score (nSPS) is 17.8. The fourth-order valence-corrected chi connectivity index (χ4v) is 3.15. The second-order valence-electron chi connectivity index (χ2n) is 8.01. The van der Waals surface area contributed by atoms with E-state index in [1.54, 1.807) is 17.3 Å². The van der Waals surface area contributed by atoms with Crippen LogP contribution in [0.3, 0.4) is 0 Å². The van der Waals surface area contributed by atoms with Crippen molar-refractivity contribution in [2.24, 2.45) is 0 Å². The first-order valence-electron chi connectivity index (χ1n) is 8.24. The molecule has 0 amide bonds. The zero-order valence-corrected chi connectivity index (χ0v) is 15.0. The van der Waals surface area contributed by atoms with Crippen molar-refractivity contribution in [3.05, 3.63) is 42.0 Å². The van der Waals surface area contributed by atoms with Crippen molar-refractivity contribution in [2.45, 2.75) is 58.6 Å². The Labute approximate surface area is 143 Å². The summed E-state index contributed by atoms with van der Waals surface area (Å²) < 4.78 is 7.55. The zero-order chi connectivity index (χ0) is 17.5. The number of aliphatic hydroxyl groups excluding tert-OH is 1. The molecule has 1 aliphatic rings. The average Bonchev–Trinajstić information content (AvgIpc) is 3.04. The van der Waals surface area contributed by atoms with Gasteiger partial charge < -0.3 is 14.7 Å². The number of hydrogen-bond donors (Lipinski definition) is 1. The van der Waals surface area contributed by atoms with E-state index < -0.39 is 12.0 Å². The van der Waals surface area contributed by atoms with Crippen LogP contribution < -0.4 is 4.90 Å². The topological polar surface area (TPSA) is 63.4 Å². The van der Waals surface area contributed by atoms with Gasteiger partial charge >= 0.3 is 0 Å². The SMILES string of the molecule is CC(C)(C)OC(O)N1CC(C)(C)c2cc(Cn3cncn3)ccc21. The van der Waals surface area contributed by atoms with Crippen molar-refractivity contribution in [3.8, 4) is 0 Å². The summed E-state index contributed by atoms with van der Waals surface area (Å²) in [5.41, 5.74) is 2.95. The van der Waals surface area contributed by atoms with E-state index in [4.69, 9.17) is 4.74 Å². The molecule has 2 aromatic rings. The minimum atomic E-state index is -0.952. The number of benzene rings is 1. The summed E-state index contributed by atoms with van der Waals surface area (Å²) in [6.45, 7) is 11.6. The molecule has 0 radical (unpaired) electrons. The van der Waals surface area contributed by atoms with Gasteiger partial charge in [0.05, 0.1) is 12.1 Å². The van der Waals surface area contributed by atoms with Gasteiger partial charge in [-0.1, -0.05) is 26.0 Å². The first-order valence-corrected chi connectivity index (χ1v) is 8.24. The fourth-order valence-electron chi connectivity index (χ4n) is 3.15. The Hall–Kier alpha value is -1.92. The third kappa shape index (κ3) is 3.44. The van der Waals surface area contributed by atoms with Crippen LogP contribution in [0.25, 0.3) is 0 Å². The molecule has 3 rings (SSSR count). The number of ether oxygens (including phenoxy) is 1. The van der Waals surface area contributed by atoms with E-state index in [2.05, 4.69) is 42.1 Å². The van der Waals surface area contributed by atoms with Gasteiger partial charge in [-0.15, -0.1) is 0 Å². The van der Waals surface area contributed by atoms with Crippen molar-refractivity contribution < 1.29 is 9.84 Å². The second-order valence-corrected chi connectivity index (χ2v) is 8.01. The Balaban J connectivity index is 1.88. The van der Waals surface area contributed by atoms with Crippen LogP contribution >= 0.6 is 0 Å². The second kappa shape index (κ2) is 5.86. The molecular weight excluding hydrogens is 304 g/mol. The minimum absolute atomic E-state index is 0.0596. The lowest BCUT2D eigenvalue weighted by atomic mass is 9.86. The number of hydrogen-bond acceptors (Lipinski definition) is 5. The molecule has 130 valence electrons. The van der Waals surface area contributed by atoms with Gasteiger partial charge in [-0.3, -0.25) is 0 Å². The number of anilines is 1. The third-order valence-corrected chi connectivity index (χ3v) is 4.20. The van der Waals surface area contributed by atoms with Crippen molar-refractivity contribution in [1.29, 1.82) is 0 Å². The van der Waals surface area contributed by atoms with Crippen LogP contribution in [-0.2, 0) is 16.7 Å². The van der Waals surface area contributed by atoms with E-state index in [1.807, 2.05) is 25.7 Å². The molecule has 0 fully saturated rings. The Morgan fingerprint density at radius 1 is 1.33 bits per heavy atom. The molecule has 0 spiro atoms. The number of aliphatic hydroxyl groups is 1. The Kier molecular flexibility index (Phi) is 4.13. The molecule has 1 N–H and O–H groups in total. The molecular formula is C18H26N4O2. The summed E-state index contributed by atoms with van der Waals surface area (Å²) >= 11 is 0. The summed E-state index contributed by atoms with van der Waals surface area (Å²) in [5.74, 6) is 0. The van der Waals surface area contributed by atoms with Gasteiger partial charge in [0.15, 0.2) is 0 Å². The quantitative estimate of drug-likeness (QED) is 0.873. The van der Waals surface area contributed by atoms with E-state index in [9.17, 15) is 5.11 Å². The predicted octanol–water partition coefficient (Wildman–Crippen LogP) is 2.52. The highest BCUT2D eigenvalue weighted by atomic mass is 16.6. The van der Waals surface area contributed by atoms with Gasteiger partial charge in [-0.2, -0.15) is 5.10 Å². The van der Waals surface area contributed by atoms with Crippen LogP contribution in [-0.4, -0.2) is 38.4 Å². The number of aromatic nitrogens is 3. The van der Waals surface area contributed by atoms with E-state index in [-0.39, 0.29) is 5.41 Å². The van der Waals surface area contributed by atoms with Crippen LogP contribution in [0.4, 0.5) is 5.69 Å². The van der Waals surface area contributed by atoms with Crippen molar-refractivity contribution in [2.75, 3.05) is 11.4 Å². The number of rotatable bonds is 4. The molecule has 0 aliphatic carbocycles. The highest BCUT2D eigenvalue weighted by Gasteiger charge is 2.39. The molecule has 2 heterocycles. The van der Waals surface area contributed by atoms with Crippen molar-refractivity contribution in [3.63, 3.8) is 0 Å². The Morgan fingerprint density at radius 3 is 2.71 bits per heavy atom. The number of nitrogens with zero attached hydrogens (tertiary/aromatic N) is 4. The predicted molar refractivity (Wildman–Crippen MR) is 92.8 cm³/mol. The molecule has 1 aromatic heterocycles. The van der Waals surface area contributed by atoms with Gasteiger partial charge in [0.2, 0.25) is 6.41 Å². The summed E-state index contributed by atoms with van der Waals surface area (Å²) in [4.78, 5) is 5.91. The molecule has 1 atom stereocenters. The fraction of sp³-hybridized carbons (Fsp3) is 0.556. The molecule has 1 unspecified atom stereocenters. The number of fused-ring (bicyclic) bond motifs is 1. The maximum Gasteiger partial charge on any atom is 0.238 e. The maximum atomic E-state index is 10.5. The zero-order valence-electron chi connectivity index (χ0n) is 15.0. The molecule has 0 saturated carbocycles. The molecule has 24 heavy (non-hydrogen) atoms. The largest absolute Gasteiger partial charge is 0.351 e. The third-order valence-electron chi connectivity index (χ3n) is 4.20. The summed E-state index contributed by atoms with van der Waals surface area (Å²) in [6, 6.07) is 6.32. The summed E-state index contributed by atoms with van der Waals surface area (Å²) in [5, 5.41) is 14.7. The van der Waals surface area contributed by atoms with Gasteiger partial charge in [0.1, 0.15) is 12.7 Å². The van der Waals surface area contributed by atoms with Gasteiger partial charge in [-0.05, 0) is 38.0 Å². The standard InChI is InChI=1S/C18H26N4O2/c1-17(2,3)24-16(23)22-10-18(4,5)14-8-13(6-7-15(14)22)9-21-12-19-11-20-21/h6-8,11-12,16,23H,9-10H2,1-5H3. The van der Waals surface area contributed by atoms with Crippen LogP contribution in [0.1, 0.15) is 45.7 Å². The Bertz CT molecular complexity index is 704. The minimum Gasteiger partial charge on any atom is -0.351 e. The first-order chi connectivity index (χ1) is 11.2. The highest BCUT2D eigenvalue weighted by molar-refractivity contribution is 5.63. The highest BCUT2D eigenvalue weighted by Crippen LogP contribution is 2.42. The molecule has 0 bridgehead atoms. The van der Waals surface area contributed by atoms with Crippen LogP contribution in [0, 0.1) is 0 Å². The molecule has 0 saturated heterocycles. The van der Waals surface area contributed by atoms with Crippen molar-refractivity contribution >= 4 is 5.69 Å². The molecule has 6 heteroatoms. The van der Waals surface area contributed by atoms with E-state index in [1.165, 1.54) is 11.1 Å². The van der Waals surface area contributed by atoms with E-state index in [0.717, 1.165) is 5.69 Å². The smallest absolute Gasteiger partial charge is 0.238 e. The van der Waals surface area contributed by atoms with Crippen LogP contribution in [0.2, 0.25) is 0 Å². The Morgan fingerprint density at radius 2 is 2.08 bits per heavy atom. The molecule has 6 nitrogen and oxygen atoms in total. The van der Waals surface area contributed by atoms with E-state index in [0.29, 0.717) is 13.1 Å². The maximum absolute atomic E-state index is 10.5. The lowest BCUT2D eigenvalue weighted by Crippen LogP contribution is -2.43. The van der Waals surface area contributed by atoms with E-state index >= 15 is 0 Å². The monoisotopic (exact) mass is 330 g/mol. The summed E-state index contributed by atoms with van der Waals surface area (Å²) in [6.07, 6.45) is 2.30. The molecule has 1 aromatic carbocycles. The average molecular weight is 330 g/mol. The van der Waals surface area contributed by atoms with Crippen LogP contribution in [0.5, 0.6) is 0 Å². The first kappa shape index (κ1) is 16.9. The van der Waals surface area contributed by atoms with Crippen LogP contribution in [0.15, 0.2) is 30.9 Å². The van der Waals surface area contributed by atoms with Gasteiger partial charge in [0.25, 0.3) is 0 Å². The molecule has 1 aliphatic heterocycles. The lowest BCUT2D eigenvalue weighted by molar-refractivity contribution is -0.164. The van der Waals surface area contributed by atoms with Crippen molar-refractivity contribution in [1.82, 2.24) is 14.8 Å². The lowest BCUT2D eigenvalue weighted by Gasteiger charge is -2.32.